The number of guanidine groups is 1. The van der Waals surface area contributed by atoms with Crippen molar-refractivity contribution in [3.05, 3.63) is 0 Å². The predicted molar refractivity (Wildman–Crippen MR) is 114 cm³/mol. The van der Waals surface area contributed by atoms with Crippen LogP contribution >= 0.6 is 0 Å². The third-order valence-electron chi connectivity index (χ3n) is 3.61. The number of carboxylic acid groups (broad SMARTS) is 3. The van der Waals surface area contributed by atoms with Gasteiger partial charge in [0.25, 0.3) is 0 Å². The molecule has 15 N–H and O–H groups in total. The molecule has 0 aliphatic heterocycles. The minimum absolute atomic E-state index is 0.0208. The Bertz CT molecular complexity index is 505. The van der Waals surface area contributed by atoms with Crippen molar-refractivity contribution in [2.24, 2.45) is 34.6 Å². The van der Waals surface area contributed by atoms with Gasteiger partial charge in [-0.2, -0.15) is 0 Å². The molecule has 0 heterocycles. The molecular weight excluding hydrogens is 398 g/mol. The van der Waals surface area contributed by atoms with Gasteiger partial charge in [0.2, 0.25) is 0 Å². The fourth-order valence-electron chi connectivity index (χ4n) is 1.59. The molecule has 178 valence electrons. The molecular formula is C17H39N7O6. The van der Waals surface area contributed by atoms with E-state index in [4.69, 9.17) is 49.4 Å². The third-order valence-corrected chi connectivity index (χ3v) is 3.61. The van der Waals surface area contributed by atoms with Crippen LogP contribution in [-0.4, -0.2) is 70.4 Å². The average molecular weight is 438 g/mol. The van der Waals surface area contributed by atoms with Gasteiger partial charge in [0, 0.05) is 6.54 Å². The van der Waals surface area contributed by atoms with E-state index < -0.39 is 36.0 Å². The fraction of sp³-hybridized carbons (Fsp3) is 0.765. The molecule has 0 spiro atoms. The lowest BCUT2D eigenvalue weighted by atomic mass is 10.1. The number of unbranched alkanes of at least 4 members (excludes halogenated alkanes) is 1. The van der Waals surface area contributed by atoms with Gasteiger partial charge in [-0.1, -0.05) is 20.3 Å². The number of hydrogen-bond donors (Lipinski definition) is 10. The highest BCUT2D eigenvalue weighted by atomic mass is 16.4. The molecule has 0 aromatic heterocycles. The van der Waals surface area contributed by atoms with Crippen molar-refractivity contribution >= 4 is 23.9 Å². The van der Waals surface area contributed by atoms with Crippen LogP contribution in [0.25, 0.3) is 0 Å². The summed E-state index contributed by atoms with van der Waals surface area (Å²) in [5.41, 5.74) is 25.8. The van der Waals surface area contributed by atoms with Crippen LogP contribution in [0.3, 0.4) is 0 Å². The molecule has 0 rings (SSSR count). The lowest BCUT2D eigenvalue weighted by Crippen LogP contribution is -2.34. The van der Waals surface area contributed by atoms with Crippen molar-refractivity contribution in [3.63, 3.8) is 0 Å². The predicted octanol–water partition coefficient (Wildman–Crippen LogP) is -1.76. The summed E-state index contributed by atoms with van der Waals surface area (Å²) in [5.74, 6) is -2.96. The monoisotopic (exact) mass is 437 g/mol. The zero-order valence-electron chi connectivity index (χ0n) is 17.7. The number of carbonyl (C=O) groups is 3. The number of nitrogens with one attached hydrogen (secondary N) is 2. The van der Waals surface area contributed by atoms with Crippen molar-refractivity contribution < 1.29 is 29.7 Å². The fourth-order valence-corrected chi connectivity index (χ4v) is 1.59. The Morgan fingerprint density at radius 3 is 1.57 bits per heavy atom. The molecule has 0 aromatic carbocycles. The van der Waals surface area contributed by atoms with Crippen LogP contribution in [0.5, 0.6) is 0 Å². The summed E-state index contributed by atoms with van der Waals surface area (Å²) in [6.45, 7) is 4.64. The first-order valence-corrected chi connectivity index (χ1v) is 9.50. The van der Waals surface area contributed by atoms with Crippen molar-refractivity contribution in [1.29, 1.82) is 5.41 Å². The Morgan fingerprint density at radius 1 is 0.867 bits per heavy atom. The van der Waals surface area contributed by atoms with Crippen LogP contribution in [0.1, 0.15) is 46.0 Å². The van der Waals surface area contributed by atoms with Crippen LogP contribution in [0.4, 0.5) is 0 Å². The summed E-state index contributed by atoms with van der Waals surface area (Å²) in [5, 5.41) is 34.3. The normalized spacial score (nSPS) is 12.9. The van der Waals surface area contributed by atoms with E-state index >= 15 is 0 Å². The maximum atomic E-state index is 10.2. The summed E-state index contributed by atoms with van der Waals surface area (Å²) in [7, 11) is 0. The van der Waals surface area contributed by atoms with Gasteiger partial charge in [-0.25, -0.2) is 0 Å². The van der Waals surface area contributed by atoms with E-state index in [-0.39, 0.29) is 11.9 Å². The third kappa shape index (κ3) is 23.6. The number of rotatable bonds is 12. The first-order valence-electron chi connectivity index (χ1n) is 9.50. The quantitative estimate of drug-likeness (QED) is 0.0923. The topological polar surface area (TPSA) is 278 Å². The average Bonchev–Trinajstić information content (AvgIpc) is 2.64. The summed E-state index contributed by atoms with van der Waals surface area (Å²) >= 11 is 0. The van der Waals surface area contributed by atoms with Crippen LogP contribution in [0.15, 0.2) is 0 Å². The van der Waals surface area contributed by atoms with Gasteiger partial charge in [0.1, 0.15) is 18.1 Å². The molecule has 0 bridgehead atoms. The molecule has 0 aliphatic carbocycles. The largest absolute Gasteiger partial charge is 0.480 e. The van der Waals surface area contributed by atoms with E-state index in [1.807, 2.05) is 0 Å². The highest BCUT2D eigenvalue weighted by Gasteiger charge is 2.14. The van der Waals surface area contributed by atoms with Gasteiger partial charge in [-0.3, -0.25) is 19.8 Å². The molecule has 0 aliphatic rings. The summed E-state index contributed by atoms with van der Waals surface area (Å²) < 4.78 is 0. The Morgan fingerprint density at radius 2 is 1.30 bits per heavy atom. The SMILES string of the molecule is CC(C)[C@H](N)C(=O)O.N=C(N)NCCC[C@H](N)C(=O)O.NCCCC[C@H](N)C(=O)O. The Kier molecular flexibility index (Phi) is 21.3. The Hall–Kier alpha value is -2.48. The van der Waals surface area contributed by atoms with Gasteiger partial charge in [0.05, 0.1) is 0 Å². The molecule has 0 radical (unpaired) electrons. The zero-order chi connectivity index (χ0) is 24.3. The molecule has 0 fully saturated rings. The van der Waals surface area contributed by atoms with E-state index in [0.717, 1.165) is 12.8 Å². The van der Waals surface area contributed by atoms with Gasteiger partial charge in [0.15, 0.2) is 5.96 Å². The second-order valence-corrected chi connectivity index (χ2v) is 6.76. The second-order valence-electron chi connectivity index (χ2n) is 6.76. The highest BCUT2D eigenvalue weighted by molar-refractivity contribution is 5.74. The number of aliphatic carboxylic acids is 3. The Labute approximate surface area is 176 Å². The van der Waals surface area contributed by atoms with Crippen LogP contribution in [0, 0.1) is 11.3 Å². The van der Waals surface area contributed by atoms with Gasteiger partial charge >= 0.3 is 17.9 Å². The van der Waals surface area contributed by atoms with Crippen molar-refractivity contribution in [3.8, 4) is 0 Å². The minimum atomic E-state index is -1.00. The summed E-state index contributed by atoms with van der Waals surface area (Å²) in [6.07, 6.45) is 3.14. The molecule has 0 aromatic rings. The molecule has 0 saturated carbocycles. The lowest BCUT2D eigenvalue weighted by molar-refractivity contribution is -0.140. The van der Waals surface area contributed by atoms with Crippen LogP contribution < -0.4 is 34.0 Å². The number of carboxylic acids is 3. The van der Waals surface area contributed by atoms with Crippen molar-refractivity contribution in [2.75, 3.05) is 13.1 Å². The molecule has 13 heteroatoms. The van der Waals surface area contributed by atoms with Crippen LogP contribution in [-0.2, 0) is 14.4 Å². The summed E-state index contributed by atoms with van der Waals surface area (Å²) in [4.78, 5) is 30.4. The molecule has 3 atom stereocenters. The molecule has 0 unspecified atom stereocenters. The smallest absolute Gasteiger partial charge is 0.320 e. The van der Waals surface area contributed by atoms with Crippen molar-refractivity contribution in [2.45, 2.75) is 64.1 Å². The molecule has 30 heavy (non-hydrogen) atoms. The first kappa shape index (κ1) is 32.2. The van der Waals surface area contributed by atoms with Gasteiger partial charge < -0.3 is 49.3 Å². The van der Waals surface area contributed by atoms with E-state index in [9.17, 15) is 14.4 Å². The number of hydrogen-bond acceptors (Lipinski definition) is 8. The maximum Gasteiger partial charge on any atom is 0.320 e. The van der Waals surface area contributed by atoms with Gasteiger partial charge in [-0.15, -0.1) is 0 Å². The van der Waals surface area contributed by atoms with E-state index in [1.54, 1.807) is 13.8 Å². The van der Waals surface area contributed by atoms with Gasteiger partial charge in [-0.05, 0) is 38.1 Å². The number of nitrogens with two attached hydrogens (primary N) is 5. The minimum Gasteiger partial charge on any atom is -0.480 e. The lowest BCUT2D eigenvalue weighted by Gasteiger charge is -2.07. The maximum absolute atomic E-state index is 10.2. The summed E-state index contributed by atoms with van der Waals surface area (Å²) in [6, 6.07) is -2.25. The van der Waals surface area contributed by atoms with E-state index in [1.165, 1.54) is 0 Å². The second kappa shape index (κ2) is 19.8. The van der Waals surface area contributed by atoms with E-state index in [2.05, 4.69) is 5.32 Å². The zero-order valence-corrected chi connectivity index (χ0v) is 17.7. The first-order chi connectivity index (χ1) is 13.8. The molecule has 0 saturated heterocycles. The highest BCUT2D eigenvalue weighted by Crippen LogP contribution is 1.97. The van der Waals surface area contributed by atoms with Crippen LogP contribution in [0.2, 0.25) is 0 Å². The molecule has 0 amide bonds. The van der Waals surface area contributed by atoms with Crippen molar-refractivity contribution in [1.82, 2.24) is 5.32 Å². The molecule has 13 nitrogen and oxygen atoms in total. The standard InChI is InChI=1S/C6H14N4O2.C6H14N2O2.C5H11NO2/c7-4(5(11)12)2-1-3-10-6(8)9;7-4-2-1-3-5(8)6(9)10;1-3(2)4(6)5(7)8/h4H,1-3,7H2,(H,11,12)(H4,8,9,10);5H,1-4,7-8H2,(H,9,10);3-4H,6H2,1-2H3,(H,7,8)/t4-;5-;4-/m000/s1. The van der Waals surface area contributed by atoms with E-state index in [0.29, 0.717) is 32.4 Å². The Balaban J connectivity index is -0.000000372.